The maximum absolute atomic E-state index is 13.4. The molecule has 4 nitrogen and oxygen atoms in total. The third-order valence-electron chi connectivity index (χ3n) is 2.48. The maximum Gasteiger partial charge on any atom is 0.262 e. The van der Waals surface area contributed by atoms with Gasteiger partial charge in [0.2, 0.25) is 0 Å². The molecule has 0 fully saturated rings. The van der Waals surface area contributed by atoms with Crippen LogP contribution in [0.3, 0.4) is 0 Å². The molecule has 2 aromatic carbocycles. The van der Waals surface area contributed by atoms with Gasteiger partial charge in [-0.2, -0.15) is 5.26 Å². The van der Waals surface area contributed by atoms with Gasteiger partial charge in [0, 0.05) is 0 Å². The van der Waals surface area contributed by atoms with Gasteiger partial charge in [-0.1, -0.05) is 12.1 Å². The van der Waals surface area contributed by atoms with Crippen LogP contribution in [-0.4, -0.2) is 8.42 Å². The first-order valence-corrected chi connectivity index (χ1v) is 6.89. The third-order valence-corrected chi connectivity index (χ3v) is 3.84. The van der Waals surface area contributed by atoms with E-state index in [1.807, 2.05) is 0 Å². The summed E-state index contributed by atoms with van der Waals surface area (Å²) < 4.78 is 52.5. The van der Waals surface area contributed by atoms with Gasteiger partial charge in [0.25, 0.3) is 10.0 Å². The van der Waals surface area contributed by atoms with E-state index < -0.39 is 27.2 Å². The first kappa shape index (κ1) is 14.0. The molecule has 0 saturated carbocycles. The molecule has 0 radical (unpaired) electrons. The van der Waals surface area contributed by atoms with Crippen molar-refractivity contribution in [3.05, 3.63) is 59.7 Å². The highest BCUT2D eigenvalue weighted by molar-refractivity contribution is 7.92. The number of nitrogens with one attached hydrogen (secondary N) is 1. The minimum absolute atomic E-state index is 0.197. The Morgan fingerprint density at radius 2 is 1.80 bits per heavy atom. The quantitative estimate of drug-likeness (QED) is 0.946. The Bertz CT molecular complexity index is 798. The Labute approximate surface area is 114 Å². The largest absolute Gasteiger partial charge is 0.278 e. The zero-order valence-electron chi connectivity index (χ0n) is 9.97. The highest BCUT2D eigenvalue weighted by Crippen LogP contribution is 2.22. The van der Waals surface area contributed by atoms with Gasteiger partial charge < -0.3 is 0 Å². The zero-order valence-corrected chi connectivity index (χ0v) is 10.8. The molecule has 7 heteroatoms. The van der Waals surface area contributed by atoms with Gasteiger partial charge in [0.1, 0.15) is 23.3 Å². The first-order chi connectivity index (χ1) is 9.44. The summed E-state index contributed by atoms with van der Waals surface area (Å²) in [6, 6.07) is 9.48. The fraction of sp³-hybridized carbons (Fsp3) is 0. The van der Waals surface area contributed by atoms with Crippen molar-refractivity contribution in [2.45, 2.75) is 4.90 Å². The number of nitrogens with zero attached hydrogens (tertiary/aromatic N) is 1. The molecule has 0 aliphatic carbocycles. The number of nitriles is 1. The molecule has 0 atom stereocenters. The summed E-state index contributed by atoms with van der Waals surface area (Å²) in [7, 11) is -4.09. The van der Waals surface area contributed by atoms with E-state index >= 15 is 0 Å². The zero-order chi connectivity index (χ0) is 14.8. The topological polar surface area (TPSA) is 70.0 Å². The van der Waals surface area contributed by atoms with Gasteiger partial charge in [-0.15, -0.1) is 0 Å². The van der Waals surface area contributed by atoms with E-state index in [1.165, 1.54) is 24.3 Å². The van der Waals surface area contributed by atoms with E-state index in [1.54, 1.807) is 6.07 Å². The van der Waals surface area contributed by atoms with Gasteiger partial charge in [0.15, 0.2) is 0 Å². The van der Waals surface area contributed by atoms with Crippen molar-refractivity contribution in [3.8, 4) is 6.07 Å². The lowest BCUT2D eigenvalue weighted by molar-refractivity contribution is 0.595. The van der Waals surface area contributed by atoms with E-state index in [2.05, 4.69) is 4.72 Å². The number of benzene rings is 2. The number of halogens is 2. The smallest absolute Gasteiger partial charge is 0.262 e. The fourth-order valence-electron chi connectivity index (χ4n) is 1.56. The Kier molecular flexibility index (Phi) is 3.68. The third kappa shape index (κ3) is 2.75. The predicted molar refractivity (Wildman–Crippen MR) is 68.3 cm³/mol. The van der Waals surface area contributed by atoms with Gasteiger partial charge in [-0.05, 0) is 30.3 Å². The molecule has 0 spiro atoms. The lowest BCUT2D eigenvalue weighted by Crippen LogP contribution is -2.14. The molecule has 0 aliphatic heterocycles. The minimum atomic E-state index is -4.09. The molecule has 0 unspecified atom stereocenters. The van der Waals surface area contributed by atoms with Crippen LogP contribution in [0.2, 0.25) is 0 Å². The highest BCUT2D eigenvalue weighted by Gasteiger charge is 2.18. The summed E-state index contributed by atoms with van der Waals surface area (Å²) in [5.41, 5.74) is -0.621. The molecule has 102 valence electrons. The lowest BCUT2D eigenvalue weighted by atomic mass is 10.2. The van der Waals surface area contributed by atoms with Crippen LogP contribution in [0.15, 0.2) is 47.4 Å². The summed E-state index contributed by atoms with van der Waals surface area (Å²) in [4.78, 5) is -0.314. The van der Waals surface area contributed by atoms with Crippen molar-refractivity contribution in [3.63, 3.8) is 0 Å². The highest BCUT2D eigenvalue weighted by atomic mass is 32.2. The second-order valence-electron chi connectivity index (χ2n) is 3.84. The summed E-state index contributed by atoms with van der Waals surface area (Å²) in [5, 5.41) is 8.83. The maximum atomic E-state index is 13.4. The number of anilines is 1. The van der Waals surface area contributed by atoms with Crippen LogP contribution < -0.4 is 4.72 Å². The average molecular weight is 294 g/mol. The van der Waals surface area contributed by atoms with Crippen LogP contribution in [0.4, 0.5) is 14.5 Å². The predicted octanol–water partition coefficient (Wildman–Crippen LogP) is 2.64. The normalized spacial score (nSPS) is 10.8. The van der Waals surface area contributed by atoms with Gasteiger partial charge in [0.05, 0.1) is 10.6 Å². The fourth-order valence-corrected chi connectivity index (χ4v) is 2.66. The summed E-state index contributed by atoms with van der Waals surface area (Å²) in [6.07, 6.45) is 0. The molecule has 0 aromatic heterocycles. The van der Waals surface area contributed by atoms with Crippen molar-refractivity contribution >= 4 is 15.7 Å². The van der Waals surface area contributed by atoms with Crippen molar-refractivity contribution in [2.24, 2.45) is 0 Å². The van der Waals surface area contributed by atoms with Crippen LogP contribution in [0.1, 0.15) is 5.56 Å². The second-order valence-corrected chi connectivity index (χ2v) is 5.52. The Hall–Kier alpha value is -2.46. The Balaban J connectivity index is 2.45. The standard InChI is InChI=1S/C13H8F2N2O2S/c14-9-3-1-4-10(7-9)20(18,19)17-13-6-2-5-12(15)11(13)8-16/h1-7,17H. The van der Waals surface area contributed by atoms with Crippen molar-refractivity contribution in [1.82, 2.24) is 0 Å². The van der Waals surface area contributed by atoms with E-state index in [0.29, 0.717) is 0 Å². The van der Waals surface area contributed by atoms with Crippen LogP contribution >= 0.6 is 0 Å². The SMILES string of the molecule is N#Cc1c(F)cccc1NS(=O)(=O)c1cccc(F)c1. The van der Waals surface area contributed by atoms with Crippen LogP contribution in [-0.2, 0) is 10.0 Å². The van der Waals surface area contributed by atoms with E-state index in [0.717, 1.165) is 18.2 Å². The van der Waals surface area contributed by atoms with Gasteiger partial charge in [-0.25, -0.2) is 17.2 Å². The van der Waals surface area contributed by atoms with E-state index in [9.17, 15) is 17.2 Å². The molecule has 0 heterocycles. The average Bonchev–Trinajstić information content (AvgIpc) is 2.38. The monoisotopic (exact) mass is 294 g/mol. The van der Waals surface area contributed by atoms with Crippen molar-refractivity contribution < 1.29 is 17.2 Å². The van der Waals surface area contributed by atoms with Gasteiger partial charge >= 0.3 is 0 Å². The van der Waals surface area contributed by atoms with Crippen molar-refractivity contribution in [1.29, 1.82) is 5.26 Å². The molecule has 0 aliphatic rings. The number of hydrogen-bond donors (Lipinski definition) is 1. The van der Waals surface area contributed by atoms with Gasteiger partial charge in [-0.3, -0.25) is 4.72 Å². The first-order valence-electron chi connectivity index (χ1n) is 5.41. The number of hydrogen-bond acceptors (Lipinski definition) is 3. The van der Waals surface area contributed by atoms with Crippen LogP contribution in [0.5, 0.6) is 0 Å². The molecule has 0 amide bonds. The van der Waals surface area contributed by atoms with E-state index in [-0.39, 0.29) is 10.6 Å². The molecular formula is C13H8F2N2O2S. The number of rotatable bonds is 3. The Morgan fingerprint density at radius 3 is 2.45 bits per heavy atom. The van der Waals surface area contributed by atoms with E-state index in [4.69, 9.17) is 5.26 Å². The minimum Gasteiger partial charge on any atom is -0.278 e. The molecule has 1 N–H and O–H groups in total. The summed E-state index contributed by atoms with van der Waals surface area (Å²) >= 11 is 0. The molecule has 2 rings (SSSR count). The molecule has 2 aromatic rings. The summed E-state index contributed by atoms with van der Waals surface area (Å²) in [5.74, 6) is -1.56. The molecule has 20 heavy (non-hydrogen) atoms. The second kappa shape index (κ2) is 5.27. The molecule has 0 bridgehead atoms. The van der Waals surface area contributed by atoms with Crippen molar-refractivity contribution in [2.75, 3.05) is 4.72 Å². The van der Waals surface area contributed by atoms with Crippen LogP contribution in [0.25, 0.3) is 0 Å². The van der Waals surface area contributed by atoms with Crippen LogP contribution in [0, 0.1) is 23.0 Å². The molecular weight excluding hydrogens is 286 g/mol. The number of sulfonamides is 1. The summed E-state index contributed by atoms with van der Waals surface area (Å²) in [6.45, 7) is 0. The lowest BCUT2D eigenvalue weighted by Gasteiger charge is -2.09. The Morgan fingerprint density at radius 1 is 1.10 bits per heavy atom. The molecule has 0 saturated heterocycles.